The summed E-state index contributed by atoms with van der Waals surface area (Å²) < 4.78 is 5.70. The molecule has 0 unspecified atom stereocenters. The highest BCUT2D eigenvalue weighted by Crippen LogP contribution is 2.29. The van der Waals surface area contributed by atoms with Gasteiger partial charge in [0.05, 0.1) is 12.0 Å². The molecule has 0 radical (unpaired) electrons. The highest BCUT2D eigenvalue weighted by atomic mass is 32.1. The number of nitrogens with one attached hydrogen (secondary N) is 3. The summed E-state index contributed by atoms with van der Waals surface area (Å²) in [6.45, 7) is 11.6. The number of aliphatic carboxylic acids is 1. The van der Waals surface area contributed by atoms with Crippen LogP contribution in [0.5, 0.6) is 0 Å². The molecule has 4 N–H and O–H groups in total. The van der Waals surface area contributed by atoms with Crippen molar-refractivity contribution in [1.82, 2.24) is 25.8 Å². The first-order valence-corrected chi connectivity index (χ1v) is 18.6. The smallest absolute Gasteiger partial charge is 0.306 e. The number of esters is 1. The third-order valence-corrected chi connectivity index (χ3v) is 10.5. The van der Waals surface area contributed by atoms with E-state index in [2.05, 4.69) is 20.9 Å². The fraction of sp³-hybridized carbons (Fsp3) is 0.622. The minimum atomic E-state index is -0.945. The summed E-state index contributed by atoms with van der Waals surface area (Å²) in [5, 5.41) is 20.6. The summed E-state index contributed by atoms with van der Waals surface area (Å²) in [5.41, 5.74) is 1.09. The van der Waals surface area contributed by atoms with Crippen LogP contribution in [0.3, 0.4) is 0 Å². The van der Waals surface area contributed by atoms with Gasteiger partial charge in [-0.3, -0.25) is 28.9 Å². The van der Waals surface area contributed by atoms with Gasteiger partial charge in [-0.15, -0.1) is 11.3 Å². The molecule has 0 spiro atoms. The number of hydrogen-bond donors (Lipinski definition) is 4. The van der Waals surface area contributed by atoms with Crippen LogP contribution in [0, 0.1) is 17.8 Å². The number of amides is 3. The summed E-state index contributed by atoms with van der Waals surface area (Å²) in [4.78, 5) is 70.9. The Bertz CT molecular complexity index is 1430. The lowest BCUT2D eigenvalue weighted by molar-refractivity contribution is -0.147. The topological polar surface area (TPSA) is 167 Å². The van der Waals surface area contributed by atoms with E-state index in [1.807, 2.05) is 70.0 Å². The first-order chi connectivity index (χ1) is 23.7. The molecule has 2 aromatic rings. The average Bonchev–Trinajstić information content (AvgIpc) is 3.57. The number of ether oxygens (including phenoxy) is 1. The fourth-order valence-electron chi connectivity index (χ4n) is 6.18. The Hall–Kier alpha value is -3.84. The molecule has 0 saturated carbocycles. The monoisotopic (exact) mass is 713 g/mol. The molecule has 12 nitrogen and oxygen atoms in total. The van der Waals surface area contributed by atoms with Gasteiger partial charge in [0.1, 0.15) is 16.7 Å². The third-order valence-electron chi connectivity index (χ3n) is 9.52. The van der Waals surface area contributed by atoms with Crippen LogP contribution in [0.1, 0.15) is 107 Å². The van der Waals surface area contributed by atoms with Crippen LogP contribution in [0.2, 0.25) is 0 Å². The van der Waals surface area contributed by atoms with E-state index in [1.165, 1.54) is 18.3 Å². The van der Waals surface area contributed by atoms with Crippen molar-refractivity contribution in [1.29, 1.82) is 0 Å². The predicted molar refractivity (Wildman–Crippen MR) is 192 cm³/mol. The number of carboxylic acid groups (broad SMARTS) is 1. The molecule has 1 aromatic carbocycles. The van der Waals surface area contributed by atoms with Crippen LogP contribution < -0.4 is 16.0 Å². The standard InChI is InChI=1S/C37H55N5O7S/c1-8-23(4)32(41-34(45)30-16-12-13-17-42(30)7)35(46)39-28(22(2)3)20-31(49-25(6)43)36-40-29(21-50-36)33(44)38-27(18-24(5)37(47)48)19-26-14-10-9-11-15-26/h9-11,14-15,21-24,27-28,30-32H,8,12-13,16-20H2,1-7H3,(H,38,44)(H,39,46)(H,41,45)(H,47,48)/t23-,24+,27-,28+,30+,31+,32-/m0/s1. The zero-order valence-corrected chi connectivity index (χ0v) is 31.3. The minimum Gasteiger partial charge on any atom is -0.481 e. The van der Waals surface area contributed by atoms with Crippen molar-refractivity contribution in [2.75, 3.05) is 13.6 Å². The Labute approximate surface area is 300 Å². The average molecular weight is 714 g/mol. The van der Waals surface area contributed by atoms with E-state index in [1.54, 1.807) is 12.3 Å². The normalized spacial score (nSPS) is 18.6. The molecule has 0 bridgehead atoms. The number of thiazole rings is 1. The Morgan fingerprint density at radius 3 is 2.32 bits per heavy atom. The number of nitrogens with zero attached hydrogens (tertiary/aromatic N) is 2. The molecule has 1 aliphatic rings. The summed E-state index contributed by atoms with van der Waals surface area (Å²) in [7, 11) is 1.93. The number of carbonyl (C=O) groups excluding carboxylic acids is 4. The van der Waals surface area contributed by atoms with Crippen molar-refractivity contribution in [3.63, 3.8) is 0 Å². The number of aromatic nitrogens is 1. The second-order valence-corrected chi connectivity index (χ2v) is 14.9. The van der Waals surface area contributed by atoms with Gasteiger partial charge in [-0.25, -0.2) is 4.98 Å². The largest absolute Gasteiger partial charge is 0.481 e. The molecule has 3 amide bonds. The van der Waals surface area contributed by atoms with Crippen LogP contribution in [-0.2, 0) is 30.3 Å². The maximum Gasteiger partial charge on any atom is 0.306 e. The van der Waals surface area contributed by atoms with E-state index >= 15 is 0 Å². The second kappa shape index (κ2) is 19.5. The number of carboxylic acids is 1. The molecule has 276 valence electrons. The molecule has 0 aliphatic carbocycles. The minimum absolute atomic E-state index is 0.0625. The predicted octanol–water partition coefficient (Wildman–Crippen LogP) is 4.75. The van der Waals surface area contributed by atoms with Gasteiger partial charge in [0.15, 0.2) is 6.10 Å². The fourth-order valence-corrected chi connectivity index (χ4v) is 7.02. The van der Waals surface area contributed by atoms with Crippen LogP contribution in [0.15, 0.2) is 35.7 Å². The van der Waals surface area contributed by atoms with Crippen molar-refractivity contribution < 1.29 is 33.8 Å². The molecule has 1 saturated heterocycles. The lowest BCUT2D eigenvalue weighted by Gasteiger charge is -2.34. The first kappa shape index (κ1) is 40.6. The SMILES string of the molecule is CC[C@H](C)[C@H](NC(=O)[C@H]1CCCCN1C)C(=O)N[C@H](C[C@@H](OC(C)=O)c1nc(C(=O)N[C@H](Cc2ccccc2)C[C@@H](C)C(=O)O)cs1)C(C)C. The van der Waals surface area contributed by atoms with Crippen LogP contribution in [-0.4, -0.2) is 82.4 Å². The van der Waals surface area contributed by atoms with Gasteiger partial charge in [0.2, 0.25) is 11.8 Å². The molecule has 3 rings (SSSR count). The van der Waals surface area contributed by atoms with Crippen molar-refractivity contribution >= 4 is 41.0 Å². The van der Waals surface area contributed by atoms with Gasteiger partial charge in [0.25, 0.3) is 5.91 Å². The van der Waals surface area contributed by atoms with E-state index in [9.17, 15) is 29.1 Å². The maximum absolute atomic E-state index is 13.8. The summed E-state index contributed by atoms with van der Waals surface area (Å²) in [5.74, 6) is -3.24. The van der Waals surface area contributed by atoms with Crippen LogP contribution >= 0.6 is 11.3 Å². The lowest BCUT2D eigenvalue weighted by atomic mass is 9.94. The molecular formula is C37H55N5O7S. The van der Waals surface area contributed by atoms with Gasteiger partial charge >= 0.3 is 11.9 Å². The van der Waals surface area contributed by atoms with E-state index < -0.39 is 48.0 Å². The van der Waals surface area contributed by atoms with E-state index in [4.69, 9.17) is 4.74 Å². The molecular weight excluding hydrogens is 659 g/mol. The number of likely N-dealkylation sites (tertiary alicyclic amines) is 1. The van der Waals surface area contributed by atoms with Gasteiger partial charge in [-0.2, -0.15) is 0 Å². The highest BCUT2D eigenvalue weighted by Gasteiger charge is 2.34. The number of rotatable bonds is 18. The Morgan fingerprint density at radius 2 is 1.72 bits per heavy atom. The van der Waals surface area contributed by atoms with Crippen molar-refractivity contribution in [2.45, 2.75) is 117 Å². The zero-order valence-electron chi connectivity index (χ0n) is 30.4. The van der Waals surface area contributed by atoms with Gasteiger partial charge in [-0.1, -0.05) is 77.8 Å². The van der Waals surface area contributed by atoms with E-state index in [0.29, 0.717) is 17.8 Å². The maximum atomic E-state index is 13.8. The number of benzene rings is 1. The van der Waals surface area contributed by atoms with Gasteiger partial charge in [-0.05, 0) is 56.7 Å². The zero-order chi connectivity index (χ0) is 37.0. The number of hydrogen-bond acceptors (Lipinski definition) is 9. The summed E-state index contributed by atoms with van der Waals surface area (Å²) in [6, 6.07) is 7.61. The molecule has 50 heavy (non-hydrogen) atoms. The van der Waals surface area contributed by atoms with Gasteiger partial charge < -0.3 is 25.8 Å². The van der Waals surface area contributed by atoms with E-state index in [0.717, 1.165) is 31.4 Å². The second-order valence-electron chi connectivity index (χ2n) is 14.0. The van der Waals surface area contributed by atoms with Crippen molar-refractivity contribution in [3.8, 4) is 0 Å². The van der Waals surface area contributed by atoms with Crippen LogP contribution in [0.25, 0.3) is 0 Å². The molecule has 1 fully saturated rings. The number of carbonyl (C=O) groups is 5. The molecule has 1 aliphatic heterocycles. The van der Waals surface area contributed by atoms with E-state index in [-0.39, 0.29) is 48.2 Å². The Balaban J connectivity index is 1.76. The van der Waals surface area contributed by atoms with Crippen molar-refractivity contribution in [3.05, 3.63) is 52.0 Å². The lowest BCUT2D eigenvalue weighted by Crippen LogP contribution is -2.57. The summed E-state index contributed by atoms with van der Waals surface area (Å²) >= 11 is 1.17. The number of piperidine rings is 1. The third kappa shape index (κ3) is 12.2. The number of likely N-dealkylation sites (N-methyl/N-ethyl adjacent to an activating group) is 1. The summed E-state index contributed by atoms with van der Waals surface area (Å²) in [6.07, 6.45) is 3.49. The quantitative estimate of drug-likeness (QED) is 0.160. The van der Waals surface area contributed by atoms with Gasteiger partial charge in [0, 0.05) is 30.8 Å². The molecule has 2 heterocycles. The molecule has 7 atom stereocenters. The highest BCUT2D eigenvalue weighted by molar-refractivity contribution is 7.09. The first-order valence-electron chi connectivity index (χ1n) is 17.7. The Kier molecular flexibility index (Phi) is 15.8. The molecule has 13 heteroatoms. The van der Waals surface area contributed by atoms with Crippen molar-refractivity contribution in [2.24, 2.45) is 17.8 Å². The Morgan fingerprint density at radius 1 is 1.02 bits per heavy atom. The molecule has 1 aromatic heterocycles. The van der Waals surface area contributed by atoms with Crippen LogP contribution in [0.4, 0.5) is 0 Å².